The van der Waals surface area contributed by atoms with Crippen LogP contribution in [0.4, 0.5) is 0 Å². The average molecular weight is 273 g/mol. The minimum absolute atomic E-state index is 0.00481. The smallest absolute Gasteiger partial charge is 0.348 e. The highest BCUT2D eigenvalue weighted by Gasteiger charge is 2.11. The third-order valence-electron chi connectivity index (χ3n) is 2.39. The van der Waals surface area contributed by atoms with Gasteiger partial charge in [0.25, 0.3) is 0 Å². The first-order chi connectivity index (χ1) is 9.56. The predicted molar refractivity (Wildman–Crippen MR) is 77.0 cm³/mol. The molecule has 0 unspecified atom stereocenters. The first-order valence-corrected chi connectivity index (χ1v) is 6.58. The Morgan fingerprint density at radius 3 is 2.50 bits per heavy atom. The molecule has 0 radical (unpaired) electrons. The van der Waals surface area contributed by atoms with Crippen LogP contribution in [-0.2, 0) is 9.53 Å². The molecule has 0 aliphatic heterocycles. The van der Waals surface area contributed by atoms with E-state index in [0.717, 1.165) is 11.3 Å². The van der Waals surface area contributed by atoms with E-state index in [0.29, 0.717) is 13.2 Å². The molecule has 0 amide bonds. The molecule has 4 nitrogen and oxygen atoms in total. The summed E-state index contributed by atoms with van der Waals surface area (Å²) in [6, 6.07) is 9.04. The molecule has 106 valence electrons. The van der Waals surface area contributed by atoms with Crippen molar-refractivity contribution in [2.45, 2.75) is 20.8 Å². The van der Waals surface area contributed by atoms with Crippen LogP contribution in [0.3, 0.4) is 0 Å². The van der Waals surface area contributed by atoms with Crippen molar-refractivity contribution >= 4 is 12.0 Å². The first kappa shape index (κ1) is 15.8. The van der Waals surface area contributed by atoms with Gasteiger partial charge < -0.3 is 9.47 Å². The van der Waals surface area contributed by atoms with E-state index in [1.165, 1.54) is 6.08 Å². The highest BCUT2D eigenvalue weighted by atomic mass is 16.5. The second-order valence-electron chi connectivity index (χ2n) is 4.66. The maximum absolute atomic E-state index is 11.7. The van der Waals surface area contributed by atoms with Crippen molar-refractivity contribution in [3.8, 4) is 11.8 Å². The maximum Gasteiger partial charge on any atom is 0.348 e. The molecule has 0 spiro atoms. The Balaban J connectivity index is 2.78. The number of rotatable bonds is 6. The zero-order valence-corrected chi connectivity index (χ0v) is 12.1. The standard InChI is InChI=1S/C16H19NO3/c1-4-19-15-7-5-13(6-8-15)9-14(10-17)16(18)20-11-12(2)3/h5-9,12H,4,11H2,1-3H3/b14-9+. The van der Waals surface area contributed by atoms with E-state index in [2.05, 4.69) is 0 Å². The summed E-state index contributed by atoms with van der Waals surface area (Å²) in [4.78, 5) is 11.7. The molecule has 0 bridgehead atoms. The number of ether oxygens (including phenoxy) is 2. The van der Waals surface area contributed by atoms with Gasteiger partial charge in [0.2, 0.25) is 0 Å². The lowest BCUT2D eigenvalue weighted by atomic mass is 10.1. The summed E-state index contributed by atoms with van der Waals surface area (Å²) in [6.45, 7) is 6.69. The molecule has 0 heterocycles. The third-order valence-corrected chi connectivity index (χ3v) is 2.39. The van der Waals surface area contributed by atoms with Gasteiger partial charge in [-0.15, -0.1) is 0 Å². The molecule has 0 atom stereocenters. The van der Waals surface area contributed by atoms with Crippen molar-refractivity contribution in [2.75, 3.05) is 13.2 Å². The van der Waals surface area contributed by atoms with Crippen molar-refractivity contribution in [3.05, 3.63) is 35.4 Å². The van der Waals surface area contributed by atoms with Gasteiger partial charge in [0.1, 0.15) is 17.4 Å². The molecule has 1 aromatic carbocycles. The monoisotopic (exact) mass is 273 g/mol. The molecular weight excluding hydrogens is 254 g/mol. The van der Waals surface area contributed by atoms with E-state index in [4.69, 9.17) is 14.7 Å². The number of esters is 1. The number of hydrogen-bond acceptors (Lipinski definition) is 4. The molecule has 4 heteroatoms. The maximum atomic E-state index is 11.7. The number of nitriles is 1. The topological polar surface area (TPSA) is 59.3 Å². The minimum Gasteiger partial charge on any atom is -0.494 e. The largest absolute Gasteiger partial charge is 0.494 e. The van der Waals surface area contributed by atoms with Crippen LogP contribution in [0.25, 0.3) is 6.08 Å². The summed E-state index contributed by atoms with van der Waals surface area (Å²) < 4.78 is 10.4. The van der Waals surface area contributed by atoms with Crippen LogP contribution in [0.1, 0.15) is 26.3 Å². The van der Waals surface area contributed by atoms with E-state index in [1.54, 1.807) is 24.3 Å². The Morgan fingerprint density at radius 2 is 2.00 bits per heavy atom. The lowest BCUT2D eigenvalue weighted by molar-refractivity contribution is -0.139. The van der Waals surface area contributed by atoms with Crippen LogP contribution in [-0.4, -0.2) is 19.2 Å². The number of benzene rings is 1. The fourth-order valence-corrected chi connectivity index (χ4v) is 1.45. The lowest BCUT2D eigenvalue weighted by Crippen LogP contribution is -2.11. The van der Waals surface area contributed by atoms with Crippen molar-refractivity contribution < 1.29 is 14.3 Å². The summed E-state index contributed by atoms with van der Waals surface area (Å²) >= 11 is 0. The van der Waals surface area contributed by atoms with E-state index < -0.39 is 5.97 Å². The molecule has 0 aromatic heterocycles. The van der Waals surface area contributed by atoms with Crippen LogP contribution < -0.4 is 4.74 Å². The molecule has 20 heavy (non-hydrogen) atoms. The van der Waals surface area contributed by atoms with Crippen LogP contribution in [0.15, 0.2) is 29.8 Å². The van der Waals surface area contributed by atoms with E-state index in [9.17, 15) is 4.79 Å². The third kappa shape index (κ3) is 5.15. The Kier molecular flexibility index (Phi) is 6.31. The molecule has 0 fully saturated rings. The van der Waals surface area contributed by atoms with Crippen LogP contribution >= 0.6 is 0 Å². The second-order valence-corrected chi connectivity index (χ2v) is 4.66. The van der Waals surface area contributed by atoms with Crippen molar-refractivity contribution in [1.29, 1.82) is 5.26 Å². The normalized spacial score (nSPS) is 11.1. The van der Waals surface area contributed by atoms with Gasteiger partial charge in [0.05, 0.1) is 13.2 Å². The van der Waals surface area contributed by atoms with Gasteiger partial charge in [-0.1, -0.05) is 26.0 Å². The fourth-order valence-electron chi connectivity index (χ4n) is 1.45. The molecule has 0 saturated carbocycles. The Bertz CT molecular complexity index is 510. The second kappa shape index (κ2) is 8.00. The molecular formula is C16H19NO3. The van der Waals surface area contributed by atoms with E-state index in [-0.39, 0.29) is 11.5 Å². The lowest BCUT2D eigenvalue weighted by Gasteiger charge is -2.06. The summed E-state index contributed by atoms with van der Waals surface area (Å²) in [5, 5.41) is 9.02. The summed E-state index contributed by atoms with van der Waals surface area (Å²) in [6.07, 6.45) is 1.51. The number of hydrogen-bond donors (Lipinski definition) is 0. The summed E-state index contributed by atoms with van der Waals surface area (Å²) in [5.41, 5.74) is 0.751. The molecule has 0 aliphatic rings. The average Bonchev–Trinajstić information content (AvgIpc) is 2.44. The molecule has 0 aliphatic carbocycles. The van der Waals surface area contributed by atoms with Gasteiger partial charge in [-0.05, 0) is 36.6 Å². The fraction of sp³-hybridized carbons (Fsp3) is 0.375. The number of nitrogens with zero attached hydrogens (tertiary/aromatic N) is 1. The highest BCUT2D eigenvalue weighted by molar-refractivity contribution is 5.97. The first-order valence-electron chi connectivity index (χ1n) is 6.58. The SMILES string of the molecule is CCOc1ccc(/C=C(\C#N)C(=O)OCC(C)C)cc1. The molecule has 0 saturated heterocycles. The molecule has 0 N–H and O–H groups in total. The van der Waals surface area contributed by atoms with Gasteiger partial charge in [-0.2, -0.15) is 5.26 Å². The van der Waals surface area contributed by atoms with Crippen LogP contribution in [0.2, 0.25) is 0 Å². The summed E-state index contributed by atoms with van der Waals surface area (Å²) in [7, 11) is 0. The van der Waals surface area contributed by atoms with E-state index in [1.807, 2.05) is 26.8 Å². The Morgan fingerprint density at radius 1 is 1.35 bits per heavy atom. The van der Waals surface area contributed by atoms with E-state index >= 15 is 0 Å². The Hall–Kier alpha value is -2.28. The molecule has 1 rings (SSSR count). The quantitative estimate of drug-likeness (QED) is 0.453. The van der Waals surface area contributed by atoms with Gasteiger partial charge >= 0.3 is 5.97 Å². The van der Waals surface area contributed by atoms with Gasteiger partial charge in [0.15, 0.2) is 0 Å². The van der Waals surface area contributed by atoms with Crippen molar-refractivity contribution in [3.63, 3.8) is 0 Å². The van der Waals surface area contributed by atoms with Gasteiger partial charge in [-0.3, -0.25) is 0 Å². The predicted octanol–water partition coefficient (Wildman–Crippen LogP) is 3.19. The van der Waals surface area contributed by atoms with Crippen molar-refractivity contribution in [2.24, 2.45) is 5.92 Å². The molecule has 1 aromatic rings. The number of carbonyl (C=O) groups excluding carboxylic acids is 1. The zero-order chi connectivity index (χ0) is 15.0. The van der Waals surface area contributed by atoms with Gasteiger partial charge in [0, 0.05) is 0 Å². The van der Waals surface area contributed by atoms with Crippen LogP contribution in [0.5, 0.6) is 5.75 Å². The summed E-state index contributed by atoms with van der Waals surface area (Å²) in [5.74, 6) is 0.407. The van der Waals surface area contributed by atoms with Crippen molar-refractivity contribution in [1.82, 2.24) is 0 Å². The van der Waals surface area contributed by atoms with Gasteiger partial charge in [-0.25, -0.2) is 4.79 Å². The number of carbonyl (C=O) groups is 1. The minimum atomic E-state index is -0.588. The van der Waals surface area contributed by atoms with Crippen LogP contribution in [0, 0.1) is 17.2 Å². The Labute approximate surface area is 119 Å². The highest BCUT2D eigenvalue weighted by Crippen LogP contribution is 2.15. The zero-order valence-electron chi connectivity index (χ0n) is 12.1.